The predicted molar refractivity (Wildman–Crippen MR) is 118 cm³/mol. The van der Waals surface area contributed by atoms with Crippen LogP contribution in [0.25, 0.3) is 6.08 Å². The smallest absolute Gasteiger partial charge is 0.277 e. The van der Waals surface area contributed by atoms with Gasteiger partial charge in [-0.1, -0.05) is 71.4 Å². The number of nitrogens with one attached hydrogen (secondary N) is 1. The fraction of sp³-hybridized carbons (Fsp3) is 0.100. The maximum atomic E-state index is 11.8. The van der Waals surface area contributed by atoms with E-state index in [0.717, 1.165) is 17.3 Å². The quantitative estimate of drug-likeness (QED) is 0.277. The highest BCUT2D eigenvalue weighted by Gasteiger charge is 2.11. The minimum absolute atomic E-state index is 0.0408. The number of halogens is 2. The van der Waals surface area contributed by atoms with Gasteiger partial charge in [0, 0.05) is 11.2 Å². The van der Waals surface area contributed by atoms with Gasteiger partial charge in [0.1, 0.15) is 5.75 Å². The summed E-state index contributed by atoms with van der Waals surface area (Å²) in [5, 5.41) is 12.7. The number of ether oxygens (including phenoxy) is 1. The Bertz CT molecular complexity index is 1040. The number of nitrogens with zero attached hydrogens (tertiary/aromatic N) is 3. The number of allylic oxidation sites excluding steroid dienone is 1. The lowest BCUT2D eigenvalue weighted by molar-refractivity contribution is -0.118. The molecule has 3 rings (SSSR count). The Hall–Kier alpha value is -2.81. The number of aromatic nitrogens is 2. The summed E-state index contributed by atoms with van der Waals surface area (Å²) in [7, 11) is 0. The fourth-order valence-electron chi connectivity index (χ4n) is 2.12. The van der Waals surface area contributed by atoms with Gasteiger partial charge in [-0.05, 0) is 29.8 Å². The number of carbonyl (C=O) groups excluding carboxylic acids is 1. The lowest BCUT2D eigenvalue weighted by Crippen LogP contribution is -2.19. The van der Waals surface area contributed by atoms with Crippen molar-refractivity contribution in [2.75, 3.05) is 5.75 Å². The van der Waals surface area contributed by atoms with Crippen molar-refractivity contribution in [2.24, 2.45) is 5.10 Å². The molecule has 0 aliphatic carbocycles. The Balaban J connectivity index is 1.38. The number of hydrogen-bond acceptors (Lipinski definition) is 7. The third-order valence-electron chi connectivity index (χ3n) is 3.46. The van der Waals surface area contributed by atoms with Crippen LogP contribution >= 0.6 is 35.0 Å². The monoisotopic (exact) mass is 462 g/mol. The number of benzene rings is 2. The summed E-state index contributed by atoms with van der Waals surface area (Å²) in [6.07, 6.45) is 5.11. The van der Waals surface area contributed by atoms with Crippen molar-refractivity contribution in [1.82, 2.24) is 15.6 Å². The first kappa shape index (κ1) is 21.9. The SMILES string of the molecule is O=C(CSc1nnc(COc2ccc(Cl)cc2Cl)o1)N/N=C\C=C\c1ccccc1. The summed E-state index contributed by atoms with van der Waals surface area (Å²) in [6, 6.07) is 14.6. The van der Waals surface area contributed by atoms with Gasteiger partial charge in [0.05, 0.1) is 10.8 Å². The molecule has 0 saturated heterocycles. The summed E-state index contributed by atoms with van der Waals surface area (Å²) in [4.78, 5) is 11.8. The molecule has 0 radical (unpaired) electrons. The highest BCUT2D eigenvalue weighted by Crippen LogP contribution is 2.28. The maximum Gasteiger partial charge on any atom is 0.277 e. The molecule has 30 heavy (non-hydrogen) atoms. The summed E-state index contributed by atoms with van der Waals surface area (Å²) < 4.78 is 11.0. The van der Waals surface area contributed by atoms with E-state index >= 15 is 0 Å². The molecule has 0 aliphatic rings. The number of hydrazone groups is 1. The van der Waals surface area contributed by atoms with Crippen molar-refractivity contribution in [1.29, 1.82) is 0 Å². The van der Waals surface area contributed by atoms with Crippen molar-refractivity contribution in [3.05, 3.63) is 76.1 Å². The minimum atomic E-state index is -0.298. The van der Waals surface area contributed by atoms with Gasteiger partial charge >= 0.3 is 0 Å². The molecule has 1 N–H and O–H groups in total. The zero-order valence-corrected chi connectivity index (χ0v) is 17.8. The standard InChI is InChI=1S/C20H16Cl2N4O3S/c21-15-8-9-17(16(22)11-15)28-12-19-25-26-20(29-19)30-13-18(27)24-23-10-4-7-14-5-2-1-3-6-14/h1-11H,12-13H2,(H,24,27)/b7-4+,23-10-. The van der Waals surface area contributed by atoms with Crippen LogP contribution in [0.2, 0.25) is 10.0 Å². The summed E-state index contributed by atoms with van der Waals surface area (Å²) in [5.74, 6) is 0.485. The van der Waals surface area contributed by atoms with Crippen molar-refractivity contribution < 1.29 is 13.9 Å². The molecule has 0 fully saturated rings. The largest absolute Gasteiger partial charge is 0.482 e. The third-order valence-corrected chi connectivity index (χ3v) is 4.81. The number of carbonyl (C=O) groups is 1. The molecule has 0 bridgehead atoms. The van der Waals surface area contributed by atoms with Crippen LogP contribution in [0, 0.1) is 0 Å². The average Bonchev–Trinajstić information content (AvgIpc) is 3.20. The molecule has 0 aliphatic heterocycles. The van der Waals surface area contributed by atoms with Crippen LogP contribution in [0.4, 0.5) is 0 Å². The van der Waals surface area contributed by atoms with E-state index in [2.05, 4.69) is 20.7 Å². The Kier molecular flexibility index (Phi) is 8.31. The first-order valence-electron chi connectivity index (χ1n) is 8.67. The Labute approximate surface area is 187 Å². The number of rotatable bonds is 9. The second-order valence-electron chi connectivity index (χ2n) is 5.70. The molecule has 1 aromatic heterocycles. The molecule has 3 aromatic rings. The molecule has 0 spiro atoms. The molecule has 2 aromatic carbocycles. The third kappa shape index (κ3) is 7.22. The van der Waals surface area contributed by atoms with Crippen LogP contribution in [0.3, 0.4) is 0 Å². The van der Waals surface area contributed by atoms with E-state index in [9.17, 15) is 4.79 Å². The molecule has 0 saturated carbocycles. The van der Waals surface area contributed by atoms with Crippen LogP contribution < -0.4 is 10.2 Å². The van der Waals surface area contributed by atoms with Crippen molar-refractivity contribution in [2.45, 2.75) is 11.8 Å². The van der Waals surface area contributed by atoms with Gasteiger partial charge in [0.2, 0.25) is 0 Å². The molecule has 1 heterocycles. The molecular weight excluding hydrogens is 447 g/mol. The van der Waals surface area contributed by atoms with E-state index in [1.807, 2.05) is 36.4 Å². The van der Waals surface area contributed by atoms with Crippen LogP contribution in [0.15, 0.2) is 69.3 Å². The van der Waals surface area contributed by atoms with Gasteiger partial charge in [-0.15, -0.1) is 10.2 Å². The maximum absolute atomic E-state index is 11.8. The van der Waals surface area contributed by atoms with E-state index in [1.54, 1.807) is 24.3 Å². The van der Waals surface area contributed by atoms with Gasteiger partial charge in [0.15, 0.2) is 6.61 Å². The van der Waals surface area contributed by atoms with Gasteiger partial charge < -0.3 is 9.15 Å². The first-order chi connectivity index (χ1) is 14.6. The number of amides is 1. The lowest BCUT2D eigenvalue weighted by atomic mass is 10.2. The fourth-order valence-corrected chi connectivity index (χ4v) is 3.15. The normalized spacial score (nSPS) is 11.3. The summed E-state index contributed by atoms with van der Waals surface area (Å²) >= 11 is 13.0. The molecule has 7 nitrogen and oxygen atoms in total. The Morgan fingerprint density at radius 2 is 2.03 bits per heavy atom. The summed E-state index contributed by atoms with van der Waals surface area (Å²) in [6.45, 7) is 0.0408. The predicted octanol–water partition coefficient (Wildman–Crippen LogP) is 4.86. The number of thioether (sulfide) groups is 1. The molecule has 10 heteroatoms. The van der Waals surface area contributed by atoms with Gasteiger partial charge in [-0.25, -0.2) is 5.43 Å². The minimum Gasteiger partial charge on any atom is -0.482 e. The second kappa shape index (κ2) is 11.4. The van der Waals surface area contributed by atoms with Crippen LogP contribution in [-0.2, 0) is 11.4 Å². The molecular formula is C20H16Cl2N4O3S. The van der Waals surface area contributed by atoms with E-state index in [4.69, 9.17) is 32.4 Å². The highest BCUT2D eigenvalue weighted by atomic mass is 35.5. The van der Waals surface area contributed by atoms with Gasteiger partial charge in [-0.3, -0.25) is 4.79 Å². The topological polar surface area (TPSA) is 89.6 Å². The first-order valence-corrected chi connectivity index (χ1v) is 10.4. The second-order valence-corrected chi connectivity index (χ2v) is 7.47. The zero-order valence-electron chi connectivity index (χ0n) is 15.5. The van der Waals surface area contributed by atoms with Crippen LogP contribution in [-0.4, -0.2) is 28.1 Å². The lowest BCUT2D eigenvalue weighted by Gasteiger charge is -2.05. The molecule has 0 atom stereocenters. The van der Waals surface area contributed by atoms with Crippen LogP contribution in [0.5, 0.6) is 5.75 Å². The van der Waals surface area contributed by atoms with Gasteiger partial charge in [0.25, 0.3) is 17.0 Å². The zero-order chi connectivity index (χ0) is 21.2. The van der Waals surface area contributed by atoms with Gasteiger partial charge in [-0.2, -0.15) is 5.10 Å². The van der Waals surface area contributed by atoms with E-state index in [-0.39, 0.29) is 29.4 Å². The van der Waals surface area contributed by atoms with Crippen molar-refractivity contribution >= 4 is 53.2 Å². The Morgan fingerprint density at radius 3 is 2.83 bits per heavy atom. The number of hydrogen-bond donors (Lipinski definition) is 1. The Morgan fingerprint density at radius 1 is 1.20 bits per heavy atom. The average molecular weight is 463 g/mol. The van der Waals surface area contributed by atoms with Crippen molar-refractivity contribution in [3.8, 4) is 5.75 Å². The van der Waals surface area contributed by atoms with Crippen LogP contribution in [0.1, 0.15) is 11.5 Å². The molecule has 1 amide bonds. The summed E-state index contributed by atoms with van der Waals surface area (Å²) in [5.41, 5.74) is 3.46. The van der Waals surface area contributed by atoms with E-state index in [0.29, 0.717) is 15.8 Å². The molecule has 0 unspecified atom stereocenters. The molecule has 154 valence electrons. The highest BCUT2D eigenvalue weighted by molar-refractivity contribution is 7.99. The van der Waals surface area contributed by atoms with E-state index in [1.165, 1.54) is 6.21 Å². The van der Waals surface area contributed by atoms with Crippen molar-refractivity contribution in [3.63, 3.8) is 0 Å². The van der Waals surface area contributed by atoms with E-state index < -0.39 is 0 Å².